The van der Waals surface area contributed by atoms with Gasteiger partial charge in [0.15, 0.2) is 0 Å². The zero-order valence-electron chi connectivity index (χ0n) is 16.7. The predicted molar refractivity (Wildman–Crippen MR) is 117 cm³/mol. The first-order valence-corrected chi connectivity index (χ1v) is 10.0. The number of nitrogens with zero attached hydrogens (tertiary/aromatic N) is 3. The van der Waals surface area contributed by atoms with Gasteiger partial charge in [0.2, 0.25) is 0 Å². The maximum atomic E-state index is 12.6. The van der Waals surface area contributed by atoms with Crippen molar-refractivity contribution in [1.82, 2.24) is 9.88 Å². The lowest BCUT2D eigenvalue weighted by Gasteiger charge is -2.36. The van der Waals surface area contributed by atoms with Crippen molar-refractivity contribution in [1.29, 1.82) is 0 Å². The summed E-state index contributed by atoms with van der Waals surface area (Å²) in [6.07, 6.45) is 1.72. The molecule has 0 spiro atoms. The third-order valence-corrected chi connectivity index (χ3v) is 5.24. The van der Waals surface area contributed by atoms with Crippen LogP contribution in [-0.4, -0.2) is 42.0 Å². The summed E-state index contributed by atoms with van der Waals surface area (Å²) in [6, 6.07) is 22.2. The van der Waals surface area contributed by atoms with Crippen LogP contribution >= 0.6 is 0 Å². The Morgan fingerprint density at radius 2 is 1.76 bits per heavy atom. The zero-order chi connectivity index (χ0) is 20.1. The fraction of sp³-hybridized carbons (Fsp3) is 0.250. The van der Waals surface area contributed by atoms with E-state index in [-0.39, 0.29) is 5.91 Å². The standard InChI is InChI=1S/C24H26N4O/c1-19-6-5-9-21(16-19)26-24(29)23-17-22(10-11-25-23)28-14-12-27(13-15-28)18-20-7-3-2-4-8-20/h2-11,16-17H,12-15,18H2,1H3,(H,26,29). The minimum absolute atomic E-state index is 0.180. The average Bonchev–Trinajstić information content (AvgIpc) is 2.75. The smallest absolute Gasteiger partial charge is 0.274 e. The van der Waals surface area contributed by atoms with Crippen LogP contribution in [0.4, 0.5) is 11.4 Å². The number of nitrogens with one attached hydrogen (secondary N) is 1. The van der Waals surface area contributed by atoms with Gasteiger partial charge in [-0.05, 0) is 42.3 Å². The molecule has 1 fully saturated rings. The number of hydrogen-bond acceptors (Lipinski definition) is 4. The third-order valence-electron chi connectivity index (χ3n) is 5.24. The summed E-state index contributed by atoms with van der Waals surface area (Å²) in [5.41, 5.74) is 4.74. The first kappa shape index (κ1) is 19.2. The molecule has 1 saturated heterocycles. The van der Waals surface area contributed by atoms with Crippen LogP contribution in [0.1, 0.15) is 21.6 Å². The van der Waals surface area contributed by atoms with E-state index >= 15 is 0 Å². The van der Waals surface area contributed by atoms with E-state index in [4.69, 9.17) is 0 Å². The second kappa shape index (κ2) is 8.88. The molecule has 1 N–H and O–H groups in total. The summed E-state index contributed by atoms with van der Waals surface area (Å²) in [7, 11) is 0. The highest BCUT2D eigenvalue weighted by atomic mass is 16.1. The van der Waals surface area contributed by atoms with Crippen molar-refractivity contribution in [2.45, 2.75) is 13.5 Å². The predicted octanol–water partition coefficient (Wildman–Crippen LogP) is 3.96. The quantitative estimate of drug-likeness (QED) is 0.721. The molecule has 5 nitrogen and oxygen atoms in total. The van der Waals surface area contributed by atoms with E-state index in [2.05, 4.69) is 50.4 Å². The molecule has 2 aromatic carbocycles. The fourth-order valence-corrected chi connectivity index (χ4v) is 3.66. The van der Waals surface area contributed by atoms with Crippen molar-refractivity contribution in [3.8, 4) is 0 Å². The molecule has 0 radical (unpaired) electrons. The van der Waals surface area contributed by atoms with Crippen molar-refractivity contribution in [3.05, 3.63) is 89.7 Å². The lowest BCUT2D eigenvalue weighted by molar-refractivity contribution is 0.102. The minimum atomic E-state index is -0.180. The van der Waals surface area contributed by atoms with Crippen molar-refractivity contribution < 1.29 is 4.79 Å². The molecule has 2 heterocycles. The molecular weight excluding hydrogens is 360 g/mol. The number of aryl methyl sites for hydroxylation is 1. The number of pyridine rings is 1. The Kier molecular flexibility index (Phi) is 5.86. The van der Waals surface area contributed by atoms with Gasteiger partial charge in [0.05, 0.1) is 0 Å². The molecule has 0 atom stereocenters. The number of aromatic nitrogens is 1. The lowest BCUT2D eigenvalue weighted by atomic mass is 10.2. The molecule has 0 bridgehead atoms. The van der Waals surface area contributed by atoms with Crippen molar-refractivity contribution >= 4 is 17.3 Å². The lowest BCUT2D eigenvalue weighted by Crippen LogP contribution is -2.46. The second-order valence-corrected chi connectivity index (χ2v) is 7.47. The summed E-state index contributed by atoms with van der Waals surface area (Å²) >= 11 is 0. The maximum Gasteiger partial charge on any atom is 0.274 e. The van der Waals surface area contributed by atoms with Gasteiger partial charge in [-0.25, -0.2) is 0 Å². The first-order chi connectivity index (χ1) is 14.2. The van der Waals surface area contributed by atoms with Crippen LogP contribution in [0.5, 0.6) is 0 Å². The van der Waals surface area contributed by atoms with Gasteiger partial charge in [0.1, 0.15) is 5.69 Å². The van der Waals surface area contributed by atoms with Gasteiger partial charge in [0, 0.05) is 50.3 Å². The molecule has 29 heavy (non-hydrogen) atoms. The summed E-state index contributed by atoms with van der Waals surface area (Å²) in [5.74, 6) is -0.180. The van der Waals surface area contributed by atoms with Crippen LogP contribution in [0.15, 0.2) is 72.9 Å². The molecule has 1 aliphatic rings. The highest BCUT2D eigenvalue weighted by Crippen LogP contribution is 2.19. The molecular formula is C24H26N4O. The molecule has 148 valence electrons. The molecule has 0 saturated carbocycles. The summed E-state index contributed by atoms with van der Waals surface area (Å²) in [4.78, 5) is 21.7. The van der Waals surface area contributed by atoms with E-state index in [1.165, 1.54) is 5.56 Å². The third kappa shape index (κ3) is 5.00. The van der Waals surface area contributed by atoms with Gasteiger partial charge in [0.25, 0.3) is 5.91 Å². The van der Waals surface area contributed by atoms with E-state index in [0.717, 1.165) is 49.7 Å². The van der Waals surface area contributed by atoms with Gasteiger partial charge in [-0.2, -0.15) is 0 Å². The number of anilines is 2. The SMILES string of the molecule is Cc1cccc(NC(=O)c2cc(N3CCN(Cc4ccccc4)CC3)ccn2)c1. The number of carbonyl (C=O) groups is 1. The summed E-state index contributed by atoms with van der Waals surface area (Å²) < 4.78 is 0. The van der Waals surface area contributed by atoms with Crippen LogP contribution in [-0.2, 0) is 6.54 Å². The number of carbonyl (C=O) groups excluding carboxylic acids is 1. The Labute approximate surface area is 172 Å². The number of amides is 1. The molecule has 1 amide bonds. The van der Waals surface area contributed by atoms with Crippen LogP contribution in [0.3, 0.4) is 0 Å². The molecule has 5 heteroatoms. The Morgan fingerprint density at radius 1 is 0.966 bits per heavy atom. The van der Waals surface area contributed by atoms with Gasteiger partial charge >= 0.3 is 0 Å². The van der Waals surface area contributed by atoms with E-state index in [1.54, 1.807) is 6.20 Å². The number of piperazine rings is 1. The number of hydrogen-bond donors (Lipinski definition) is 1. The van der Waals surface area contributed by atoms with Crippen LogP contribution < -0.4 is 10.2 Å². The molecule has 0 aliphatic carbocycles. The molecule has 0 unspecified atom stereocenters. The monoisotopic (exact) mass is 386 g/mol. The van der Waals surface area contributed by atoms with E-state index in [0.29, 0.717) is 5.69 Å². The average molecular weight is 386 g/mol. The largest absolute Gasteiger partial charge is 0.369 e. The van der Waals surface area contributed by atoms with Gasteiger partial charge in [-0.1, -0.05) is 42.5 Å². The van der Waals surface area contributed by atoms with Gasteiger partial charge in [-0.15, -0.1) is 0 Å². The van der Waals surface area contributed by atoms with Crippen molar-refractivity contribution in [3.63, 3.8) is 0 Å². The minimum Gasteiger partial charge on any atom is -0.369 e. The Hall–Kier alpha value is -3.18. The van der Waals surface area contributed by atoms with Crippen LogP contribution in [0.2, 0.25) is 0 Å². The highest BCUT2D eigenvalue weighted by Gasteiger charge is 2.18. The van der Waals surface area contributed by atoms with Crippen molar-refractivity contribution in [2.24, 2.45) is 0 Å². The Morgan fingerprint density at radius 3 is 2.52 bits per heavy atom. The molecule has 4 rings (SSSR count). The zero-order valence-corrected chi connectivity index (χ0v) is 16.7. The normalized spacial score (nSPS) is 14.6. The first-order valence-electron chi connectivity index (χ1n) is 10.0. The maximum absolute atomic E-state index is 12.6. The number of rotatable bonds is 5. The van der Waals surface area contributed by atoms with Crippen LogP contribution in [0.25, 0.3) is 0 Å². The second-order valence-electron chi connectivity index (χ2n) is 7.47. The van der Waals surface area contributed by atoms with E-state index in [1.807, 2.05) is 43.3 Å². The van der Waals surface area contributed by atoms with Gasteiger partial charge in [-0.3, -0.25) is 14.7 Å². The number of benzene rings is 2. The Bertz CT molecular complexity index is 965. The van der Waals surface area contributed by atoms with Crippen molar-refractivity contribution in [2.75, 3.05) is 36.4 Å². The summed E-state index contributed by atoms with van der Waals surface area (Å²) in [6.45, 7) is 6.87. The molecule has 1 aliphatic heterocycles. The fourth-order valence-electron chi connectivity index (χ4n) is 3.66. The molecule has 1 aromatic heterocycles. The van der Waals surface area contributed by atoms with Crippen LogP contribution in [0, 0.1) is 6.92 Å². The van der Waals surface area contributed by atoms with E-state index < -0.39 is 0 Å². The molecule has 3 aromatic rings. The Balaban J connectivity index is 1.37. The van der Waals surface area contributed by atoms with E-state index in [9.17, 15) is 4.79 Å². The topological polar surface area (TPSA) is 48.5 Å². The van der Waals surface area contributed by atoms with Gasteiger partial charge < -0.3 is 10.2 Å². The highest BCUT2D eigenvalue weighted by molar-refractivity contribution is 6.03. The summed E-state index contributed by atoms with van der Waals surface area (Å²) in [5, 5.41) is 2.94.